The molecule has 1 aromatic heterocycles. The normalized spacial score (nSPS) is 15.0. The lowest BCUT2D eigenvalue weighted by Crippen LogP contribution is -2.37. The fourth-order valence-corrected chi connectivity index (χ4v) is 1.24. The molecular formula is C10H17N3. The predicted octanol–water partition coefficient (Wildman–Crippen LogP) is 1.62. The van der Waals surface area contributed by atoms with Gasteiger partial charge in [0.2, 0.25) is 0 Å². The molecule has 1 heterocycles. The van der Waals surface area contributed by atoms with Crippen molar-refractivity contribution in [3.63, 3.8) is 0 Å². The topological polar surface area (TPSA) is 50.9 Å². The van der Waals surface area contributed by atoms with Crippen LogP contribution in [-0.2, 0) is 0 Å². The van der Waals surface area contributed by atoms with Crippen LogP contribution in [0.2, 0.25) is 0 Å². The number of aromatic nitrogens is 1. The Bertz CT molecular complexity index is 233. The SMILES string of the molecule is CCC(Nc1ccccn1)C(C)N. The molecule has 0 saturated carbocycles. The molecule has 0 saturated heterocycles. The fourth-order valence-electron chi connectivity index (χ4n) is 1.24. The third-order valence-corrected chi connectivity index (χ3v) is 2.07. The zero-order valence-corrected chi connectivity index (χ0v) is 8.20. The summed E-state index contributed by atoms with van der Waals surface area (Å²) < 4.78 is 0. The molecule has 2 atom stereocenters. The number of rotatable bonds is 4. The van der Waals surface area contributed by atoms with Crippen LogP contribution in [0.1, 0.15) is 20.3 Å². The molecule has 72 valence electrons. The lowest BCUT2D eigenvalue weighted by molar-refractivity contribution is 0.577. The van der Waals surface area contributed by atoms with E-state index in [1.165, 1.54) is 0 Å². The Balaban J connectivity index is 2.57. The van der Waals surface area contributed by atoms with Gasteiger partial charge in [-0.05, 0) is 25.5 Å². The van der Waals surface area contributed by atoms with E-state index in [-0.39, 0.29) is 6.04 Å². The highest BCUT2D eigenvalue weighted by Crippen LogP contribution is 2.06. The summed E-state index contributed by atoms with van der Waals surface area (Å²) in [5.74, 6) is 0.895. The Morgan fingerprint density at radius 2 is 2.31 bits per heavy atom. The van der Waals surface area contributed by atoms with E-state index in [4.69, 9.17) is 5.73 Å². The van der Waals surface area contributed by atoms with Crippen LogP contribution in [-0.4, -0.2) is 17.1 Å². The van der Waals surface area contributed by atoms with Crippen LogP contribution in [0.15, 0.2) is 24.4 Å². The maximum absolute atomic E-state index is 5.80. The minimum Gasteiger partial charge on any atom is -0.366 e. The summed E-state index contributed by atoms with van der Waals surface area (Å²) in [4.78, 5) is 4.18. The van der Waals surface area contributed by atoms with E-state index < -0.39 is 0 Å². The van der Waals surface area contributed by atoms with Crippen LogP contribution in [0, 0.1) is 0 Å². The molecule has 0 aliphatic carbocycles. The van der Waals surface area contributed by atoms with Crippen LogP contribution in [0.25, 0.3) is 0 Å². The van der Waals surface area contributed by atoms with Gasteiger partial charge < -0.3 is 11.1 Å². The van der Waals surface area contributed by atoms with Gasteiger partial charge in [0.05, 0.1) is 0 Å². The van der Waals surface area contributed by atoms with E-state index in [0.717, 1.165) is 12.2 Å². The van der Waals surface area contributed by atoms with Crippen molar-refractivity contribution in [3.8, 4) is 0 Å². The zero-order chi connectivity index (χ0) is 9.68. The lowest BCUT2D eigenvalue weighted by atomic mass is 10.1. The summed E-state index contributed by atoms with van der Waals surface area (Å²) in [5.41, 5.74) is 5.80. The third kappa shape index (κ3) is 3.03. The zero-order valence-electron chi connectivity index (χ0n) is 8.20. The van der Waals surface area contributed by atoms with E-state index in [0.29, 0.717) is 6.04 Å². The number of pyridine rings is 1. The largest absolute Gasteiger partial charge is 0.366 e. The summed E-state index contributed by atoms with van der Waals surface area (Å²) in [7, 11) is 0. The van der Waals surface area contributed by atoms with Gasteiger partial charge in [0.25, 0.3) is 0 Å². The third-order valence-electron chi connectivity index (χ3n) is 2.07. The Morgan fingerprint density at radius 1 is 1.54 bits per heavy atom. The van der Waals surface area contributed by atoms with Gasteiger partial charge in [-0.2, -0.15) is 0 Å². The lowest BCUT2D eigenvalue weighted by Gasteiger charge is -2.20. The highest BCUT2D eigenvalue weighted by atomic mass is 15.0. The molecular weight excluding hydrogens is 162 g/mol. The maximum Gasteiger partial charge on any atom is 0.126 e. The number of hydrogen-bond acceptors (Lipinski definition) is 3. The van der Waals surface area contributed by atoms with Gasteiger partial charge in [0, 0.05) is 18.3 Å². The van der Waals surface area contributed by atoms with Crippen LogP contribution in [0.5, 0.6) is 0 Å². The molecule has 0 bridgehead atoms. The highest BCUT2D eigenvalue weighted by Gasteiger charge is 2.10. The first-order valence-electron chi connectivity index (χ1n) is 4.67. The van der Waals surface area contributed by atoms with Crippen LogP contribution in [0.3, 0.4) is 0 Å². The first-order valence-corrected chi connectivity index (χ1v) is 4.67. The van der Waals surface area contributed by atoms with Crippen molar-refractivity contribution < 1.29 is 0 Å². The Hall–Kier alpha value is -1.09. The predicted molar refractivity (Wildman–Crippen MR) is 55.6 cm³/mol. The first-order chi connectivity index (χ1) is 6.24. The Kier molecular flexibility index (Phi) is 3.71. The highest BCUT2D eigenvalue weighted by molar-refractivity contribution is 5.34. The molecule has 0 aliphatic rings. The molecule has 3 nitrogen and oxygen atoms in total. The molecule has 0 spiro atoms. The molecule has 0 aliphatic heterocycles. The average molecular weight is 179 g/mol. The fraction of sp³-hybridized carbons (Fsp3) is 0.500. The Morgan fingerprint density at radius 3 is 2.77 bits per heavy atom. The summed E-state index contributed by atoms with van der Waals surface area (Å²) in [5, 5.41) is 3.29. The molecule has 3 N–H and O–H groups in total. The second-order valence-corrected chi connectivity index (χ2v) is 3.23. The van der Waals surface area contributed by atoms with Crippen molar-refractivity contribution in [2.75, 3.05) is 5.32 Å². The minimum atomic E-state index is 0.145. The van der Waals surface area contributed by atoms with Crippen LogP contribution in [0.4, 0.5) is 5.82 Å². The number of hydrogen-bond donors (Lipinski definition) is 2. The average Bonchev–Trinajstić information content (AvgIpc) is 2.15. The van der Waals surface area contributed by atoms with Crippen molar-refractivity contribution in [2.45, 2.75) is 32.4 Å². The summed E-state index contributed by atoms with van der Waals surface area (Å²) in [6.45, 7) is 4.12. The van der Waals surface area contributed by atoms with Crippen LogP contribution >= 0.6 is 0 Å². The van der Waals surface area contributed by atoms with E-state index in [1.54, 1.807) is 6.20 Å². The van der Waals surface area contributed by atoms with Gasteiger partial charge in [-0.25, -0.2) is 4.98 Å². The van der Waals surface area contributed by atoms with E-state index >= 15 is 0 Å². The first kappa shape index (κ1) is 9.99. The number of nitrogens with two attached hydrogens (primary N) is 1. The van der Waals surface area contributed by atoms with Crippen molar-refractivity contribution >= 4 is 5.82 Å². The van der Waals surface area contributed by atoms with E-state index in [2.05, 4.69) is 17.2 Å². The smallest absolute Gasteiger partial charge is 0.126 e. The number of nitrogens with one attached hydrogen (secondary N) is 1. The van der Waals surface area contributed by atoms with Gasteiger partial charge in [-0.1, -0.05) is 13.0 Å². The molecule has 0 fully saturated rings. The molecule has 3 heteroatoms. The van der Waals surface area contributed by atoms with Gasteiger partial charge >= 0.3 is 0 Å². The molecule has 0 amide bonds. The van der Waals surface area contributed by atoms with Crippen molar-refractivity contribution in [3.05, 3.63) is 24.4 Å². The van der Waals surface area contributed by atoms with Crippen molar-refractivity contribution in [1.29, 1.82) is 0 Å². The standard InChI is InChI=1S/C10H17N3/c1-3-9(8(2)11)13-10-6-4-5-7-12-10/h4-9H,3,11H2,1-2H3,(H,12,13). The van der Waals surface area contributed by atoms with Crippen molar-refractivity contribution in [2.24, 2.45) is 5.73 Å². The van der Waals surface area contributed by atoms with E-state index in [1.807, 2.05) is 25.1 Å². The summed E-state index contributed by atoms with van der Waals surface area (Å²) >= 11 is 0. The van der Waals surface area contributed by atoms with Crippen LogP contribution < -0.4 is 11.1 Å². The van der Waals surface area contributed by atoms with Gasteiger partial charge in [-0.3, -0.25) is 0 Å². The number of anilines is 1. The second kappa shape index (κ2) is 4.82. The van der Waals surface area contributed by atoms with E-state index in [9.17, 15) is 0 Å². The summed E-state index contributed by atoms with van der Waals surface area (Å²) in [6.07, 6.45) is 2.78. The molecule has 0 radical (unpaired) electrons. The molecule has 1 aromatic rings. The number of nitrogens with zero attached hydrogens (tertiary/aromatic N) is 1. The molecule has 1 rings (SSSR count). The monoisotopic (exact) mass is 179 g/mol. The molecule has 2 unspecified atom stereocenters. The van der Waals surface area contributed by atoms with Crippen molar-refractivity contribution in [1.82, 2.24) is 4.98 Å². The van der Waals surface area contributed by atoms with Gasteiger partial charge in [0.15, 0.2) is 0 Å². The quantitative estimate of drug-likeness (QED) is 0.738. The summed E-state index contributed by atoms with van der Waals surface area (Å²) in [6, 6.07) is 6.26. The maximum atomic E-state index is 5.80. The Labute approximate surface area is 79.4 Å². The molecule has 13 heavy (non-hydrogen) atoms. The second-order valence-electron chi connectivity index (χ2n) is 3.23. The van der Waals surface area contributed by atoms with Gasteiger partial charge in [-0.15, -0.1) is 0 Å². The van der Waals surface area contributed by atoms with Gasteiger partial charge in [0.1, 0.15) is 5.82 Å². The molecule has 0 aromatic carbocycles. The minimum absolute atomic E-state index is 0.145.